The van der Waals surface area contributed by atoms with E-state index in [1.165, 1.54) is 0 Å². The molecule has 0 radical (unpaired) electrons. The normalized spacial score (nSPS) is 29.3. The minimum absolute atomic E-state index is 0.165. The number of rotatable bonds is 8. The zero-order valence-corrected chi connectivity index (χ0v) is 17.3. The van der Waals surface area contributed by atoms with Crippen LogP contribution < -0.4 is 5.56 Å². The fourth-order valence-electron chi connectivity index (χ4n) is 2.20. The molecule has 0 amide bonds. The molecule has 1 saturated heterocycles. The number of hydrogen-bond acceptors (Lipinski definition) is 11. The molecule has 0 saturated carbocycles. The molecule has 16 nitrogen and oxygen atoms in total. The van der Waals surface area contributed by atoms with Crippen LogP contribution in [0.1, 0.15) is 6.23 Å². The molecule has 2 rings (SSSR count). The second kappa shape index (κ2) is 8.86. The molecule has 20 heteroatoms. The predicted octanol–water partition coefficient (Wildman–Crippen LogP) is -1.13. The first-order valence-corrected chi connectivity index (χ1v) is 12.1. The van der Waals surface area contributed by atoms with Crippen LogP contribution in [0.4, 0.5) is 0 Å². The molecule has 1 aliphatic heterocycles. The molecule has 0 spiro atoms. The molecule has 1 aromatic heterocycles. The van der Waals surface area contributed by atoms with Gasteiger partial charge in [0.1, 0.15) is 18.3 Å². The maximum Gasteiger partial charge on any atom is 0.490 e. The third-order valence-corrected chi connectivity index (χ3v) is 7.40. The van der Waals surface area contributed by atoms with E-state index in [2.05, 4.69) is 18.1 Å². The Labute approximate surface area is 165 Å². The molecule has 0 aromatic carbocycles. The molecule has 29 heavy (non-hydrogen) atoms. The number of H-pyrrole nitrogens is 1. The summed E-state index contributed by atoms with van der Waals surface area (Å²) in [5, 5.41) is 20.1. The van der Waals surface area contributed by atoms with Crippen LogP contribution in [-0.4, -0.2) is 64.3 Å². The average molecular weight is 500 g/mol. The SMILES string of the molecule is O=c1ccn([C@@H]2O[C@H](COP(=O)(O)OP(=O)(O)OP(=O)(O)O)C(O)C2O)c(=S)[nH]1. The zero-order chi connectivity index (χ0) is 22.2. The monoisotopic (exact) mass is 500 g/mol. The lowest BCUT2D eigenvalue weighted by Crippen LogP contribution is -2.34. The van der Waals surface area contributed by atoms with Crippen molar-refractivity contribution in [2.45, 2.75) is 24.5 Å². The summed E-state index contributed by atoms with van der Waals surface area (Å²) in [6, 6.07) is 1.05. The fourth-order valence-corrected chi connectivity index (χ4v) is 5.49. The highest BCUT2D eigenvalue weighted by Crippen LogP contribution is 2.66. The van der Waals surface area contributed by atoms with Gasteiger partial charge in [0.15, 0.2) is 11.0 Å². The minimum atomic E-state index is -5.70. The van der Waals surface area contributed by atoms with E-state index in [0.717, 1.165) is 16.8 Å². The lowest BCUT2D eigenvalue weighted by atomic mass is 10.1. The van der Waals surface area contributed by atoms with E-state index in [1.54, 1.807) is 0 Å². The zero-order valence-electron chi connectivity index (χ0n) is 13.8. The Morgan fingerprint density at radius 3 is 2.28 bits per heavy atom. The first kappa shape index (κ1) is 24.7. The van der Waals surface area contributed by atoms with Crippen LogP contribution in [-0.2, 0) is 31.6 Å². The number of ether oxygens (including phenoxy) is 1. The smallest absolute Gasteiger partial charge is 0.387 e. The lowest BCUT2D eigenvalue weighted by molar-refractivity contribution is -0.0533. The first-order chi connectivity index (χ1) is 13.1. The predicted molar refractivity (Wildman–Crippen MR) is 91.6 cm³/mol. The second-order valence-corrected chi connectivity index (χ2v) is 10.3. The highest BCUT2D eigenvalue weighted by molar-refractivity contribution is 7.71. The first-order valence-electron chi connectivity index (χ1n) is 7.22. The van der Waals surface area contributed by atoms with Gasteiger partial charge in [-0.05, 0) is 12.2 Å². The quantitative estimate of drug-likeness (QED) is 0.165. The summed E-state index contributed by atoms with van der Waals surface area (Å²) in [6.07, 6.45) is -4.97. The number of hydrogen-bond donors (Lipinski definition) is 7. The van der Waals surface area contributed by atoms with E-state index < -0.39 is 60.2 Å². The van der Waals surface area contributed by atoms with Gasteiger partial charge in [-0.3, -0.25) is 18.9 Å². The van der Waals surface area contributed by atoms with Crippen molar-refractivity contribution < 1.29 is 61.4 Å². The number of aromatic amines is 1. The van der Waals surface area contributed by atoms with Crippen LogP contribution in [0.25, 0.3) is 0 Å². The van der Waals surface area contributed by atoms with E-state index >= 15 is 0 Å². The maximum atomic E-state index is 11.7. The van der Waals surface area contributed by atoms with Gasteiger partial charge in [-0.2, -0.15) is 8.62 Å². The van der Waals surface area contributed by atoms with Gasteiger partial charge in [0, 0.05) is 12.3 Å². The van der Waals surface area contributed by atoms with Gasteiger partial charge in [-0.25, -0.2) is 13.7 Å². The van der Waals surface area contributed by atoms with Crippen molar-refractivity contribution in [3.63, 3.8) is 0 Å². The number of phosphoric acid groups is 3. The number of aliphatic hydroxyl groups excluding tert-OH is 2. The maximum absolute atomic E-state index is 11.7. The van der Waals surface area contributed by atoms with E-state index in [-0.39, 0.29) is 4.77 Å². The van der Waals surface area contributed by atoms with Crippen molar-refractivity contribution >= 4 is 35.7 Å². The van der Waals surface area contributed by atoms with Crippen molar-refractivity contribution in [2.75, 3.05) is 6.61 Å². The Balaban J connectivity index is 2.06. The van der Waals surface area contributed by atoms with Crippen molar-refractivity contribution in [1.82, 2.24) is 9.55 Å². The lowest BCUT2D eigenvalue weighted by Gasteiger charge is -2.19. The Morgan fingerprint density at radius 2 is 1.72 bits per heavy atom. The van der Waals surface area contributed by atoms with Crippen LogP contribution in [0.2, 0.25) is 0 Å². The molecule has 2 heterocycles. The van der Waals surface area contributed by atoms with Crippen molar-refractivity contribution in [3.8, 4) is 0 Å². The van der Waals surface area contributed by atoms with E-state index in [4.69, 9.17) is 31.6 Å². The molecule has 0 aliphatic carbocycles. The Bertz CT molecular complexity index is 1000. The average Bonchev–Trinajstić information content (AvgIpc) is 2.78. The molecule has 1 aliphatic rings. The third-order valence-electron chi connectivity index (χ3n) is 3.28. The van der Waals surface area contributed by atoms with Gasteiger partial charge in [0.2, 0.25) is 0 Å². The largest absolute Gasteiger partial charge is 0.490 e. The van der Waals surface area contributed by atoms with Crippen molar-refractivity contribution in [2.24, 2.45) is 0 Å². The summed E-state index contributed by atoms with van der Waals surface area (Å²) in [5.74, 6) is 0. The minimum Gasteiger partial charge on any atom is -0.387 e. The van der Waals surface area contributed by atoms with Gasteiger partial charge < -0.3 is 34.5 Å². The molecular formula is C9H15N2O14P3S. The Kier molecular flexibility index (Phi) is 7.54. The van der Waals surface area contributed by atoms with E-state index in [1.807, 2.05) is 0 Å². The van der Waals surface area contributed by atoms with Gasteiger partial charge >= 0.3 is 23.5 Å². The third kappa shape index (κ3) is 6.95. The van der Waals surface area contributed by atoms with Crippen molar-refractivity contribution in [1.29, 1.82) is 0 Å². The summed E-state index contributed by atoms with van der Waals surface area (Å²) >= 11 is 4.90. The molecule has 4 unspecified atom stereocenters. The molecule has 6 atom stereocenters. The van der Waals surface area contributed by atoms with Crippen LogP contribution in [0, 0.1) is 4.77 Å². The molecule has 1 aromatic rings. The number of nitrogens with one attached hydrogen (secondary N) is 1. The summed E-state index contributed by atoms with van der Waals surface area (Å²) in [6.45, 7) is -0.977. The fraction of sp³-hybridized carbons (Fsp3) is 0.556. The Morgan fingerprint density at radius 1 is 1.10 bits per heavy atom. The van der Waals surface area contributed by atoms with Gasteiger partial charge in [-0.15, -0.1) is 0 Å². The summed E-state index contributed by atoms with van der Waals surface area (Å²) in [5.41, 5.74) is -0.538. The highest BCUT2D eigenvalue weighted by Gasteiger charge is 2.46. The molecule has 0 bridgehead atoms. The standard InChI is InChI=1S/C9H15N2O14P3S/c12-5-1-2-11(9(29)10-5)8-7(14)6(13)4(23-8)3-22-27(18,19)25-28(20,21)24-26(15,16)17/h1-2,4,6-8,13-14H,3H2,(H,18,19)(H,20,21)(H,10,12,29)(H2,15,16,17)/t4-,6?,7?,8-/m1/s1. The van der Waals surface area contributed by atoms with Gasteiger partial charge in [-0.1, -0.05) is 0 Å². The van der Waals surface area contributed by atoms with Gasteiger partial charge in [0.05, 0.1) is 6.61 Å². The Hall–Kier alpha value is -0.610. The van der Waals surface area contributed by atoms with Crippen LogP contribution >= 0.6 is 35.7 Å². The van der Waals surface area contributed by atoms with E-state index in [9.17, 15) is 33.6 Å². The van der Waals surface area contributed by atoms with Gasteiger partial charge in [0.25, 0.3) is 5.56 Å². The number of nitrogens with zero attached hydrogens (tertiary/aromatic N) is 1. The topological polar surface area (TPSA) is 247 Å². The number of aliphatic hydroxyl groups is 2. The highest BCUT2D eigenvalue weighted by atomic mass is 32.1. The summed E-state index contributed by atoms with van der Waals surface area (Å²) in [7, 11) is -16.7. The summed E-state index contributed by atoms with van der Waals surface area (Å²) < 4.78 is 51.1. The van der Waals surface area contributed by atoms with Crippen LogP contribution in [0.5, 0.6) is 0 Å². The molecular weight excluding hydrogens is 485 g/mol. The van der Waals surface area contributed by atoms with E-state index in [0.29, 0.717) is 0 Å². The van der Waals surface area contributed by atoms with Crippen LogP contribution in [0.3, 0.4) is 0 Å². The van der Waals surface area contributed by atoms with Crippen LogP contribution in [0.15, 0.2) is 17.1 Å². The summed E-state index contributed by atoms with van der Waals surface area (Å²) in [4.78, 5) is 48.8. The van der Waals surface area contributed by atoms with Crippen molar-refractivity contribution in [3.05, 3.63) is 27.4 Å². The molecule has 166 valence electrons. The molecule has 7 N–H and O–H groups in total. The number of phosphoric ester groups is 1. The molecule has 1 fully saturated rings. The second-order valence-electron chi connectivity index (χ2n) is 5.45. The number of aromatic nitrogens is 2.